The molecule has 3 heterocycles. The van der Waals surface area contributed by atoms with Gasteiger partial charge in [-0.1, -0.05) is 11.6 Å². The molecule has 7 rings (SSSR count). The fourth-order valence-corrected chi connectivity index (χ4v) is 8.14. The lowest BCUT2D eigenvalue weighted by atomic mass is 9.49. The van der Waals surface area contributed by atoms with Gasteiger partial charge in [0.2, 0.25) is 11.8 Å². The molecule has 2 aliphatic heterocycles. The van der Waals surface area contributed by atoms with Crippen LogP contribution in [0.2, 0.25) is 5.02 Å². The molecular weight excluding hydrogens is 424 g/mol. The van der Waals surface area contributed by atoms with Crippen LogP contribution in [0.15, 0.2) is 18.3 Å². The third-order valence-electron chi connectivity index (χ3n) is 8.92. The van der Waals surface area contributed by atoms with E-state index in [2.05, 4.69) is 9.88 Å². The maximum absolute atomic E-state index is 13.9. The number of carbonyl (C=O) groups is 2. The molecule has 0 radical (unpaired) electrons. The normalized spacial score (nSPS) is 36.1. The SMILES string of the molecule is O=C(C1CCCN1C(=O)C12CC3CC(CC(C3)C1)C2)N1CCN(c2ncccc2Cl)CC1. The van der Waals surface area contributed by atoms with Crippen LogP contribution >= 0.6 is 11.6 Å². The van der Waals surface area contributed by atoms with E-state index in [1.165, 1.54) is 19.3 Å². The van der Waals surface area contributed by atoms with Crippen molar-refractivity contribution in [3.8, 4) is 0 Å². The van der Waals surface area contributed by atoms with Crippen molar-refractivity contribution in [1.29, 1.82) is 0 Å². The lowest BCUT2D eigenvalue weighted by Crippen LogP contribution is -2.59. The van der Waals surface area contributed by atoms with Crippen LogP contribution in [0.1, 0.15) is 51.4 Å². The highest BCUT2D eigenvalue weighted by Gasteiger charge is 2.57. The highest BCUT2D eigenvalue weighted by Crippen LogP contribution is 2.60. The van der Waals surface area contributed by atoms with Crippen LogP contribution < -0.4 is 4.90 Å². The summed E-state index contributed by atoms with van der Waals surface area (Å²) in [4.78, 5) is 37.9. The quantitative estimate of drug-likeness (QED) is 0.697. The van der Waals surface area contributed by atoms with E-state index in [-0.39, 0.29) is 17.4 Å². The molecule has 1 aromatic heterocycles. The van der Waals surface area contributed by atoms with Crippen molar-refractivity contribution in [2.24, 2.45) is 23.2 Å². The standard InChI is InChI=1S/C25H33ClN4O2/c26-20-3-1-5-27-22(20)28-7-9-29(10-8-28)23(31)21-4-2-6-30(21)24(32)25-14-17-11-18(15-25)13-19(12-17)16-25/h1,3,5,17-19,21H,2,4,6-16H2. The van der Waals surface area contributed by atoms with Gasteiger partial charge in [0.05, 0.1) is 10.4 Å². The van der Waals surface area contributed by atoms with Crippen molar-refractivity contribution in [2.45, 2.75) is 57.4 Å². The number of likely N-dealkylation sites (tertiary alicyclic amines) is 1. The first kappa shape index (κ1) is 20.8. The maximum atomic E-state index is 13.9. The number of amides is 2. The smallest absolute Gasteiger partial charge is 0.245 e. The van der Waals surface area contributed by atoms with E-state index in [9.17, 15) is 9.59 Å². The van der Waals surface area contributed by atoms with Crippen LogP contribution in [0.5, 0.6) is 0 Å². The molecule has 0 spiro atoms. The molecule has 32 heavy (non-hydrogen) atoms. The van der Waals surface area contributed by atoms with Crippen LogP contribution in [0.25, 0.3) is 0 Å². The summed E-state index contributed by atoms with van der Waals surface area (Å²) in [6, 6.07) is 3.43. The minimum Gasteiger partial charge on any atom is -0.352 e. The van der Waals surface area contributed by atoms with E-state index >= 15 is 0 Å². The summed E-state index contributed by atoms with van der Waals surface area (Å²) >= 11 is 6.31. The summed E-state index contributed by atoms with van der Waals surface area (Å²) in [5.74, 6) is 3.48. The summed E-state index contributed by atoms with van der Waals surface area (Å²) in [6.45, 7) is 3.50. The first-order valence-electron chi connectivity index (χ1n) is 12.5. The lowest BCUT2D eigenvalue weighted by Gasteiger charge is -2.56. The molecule has 1 unspecified atom stereocenters. The van der Waals surface area contributed by atoms with Gasteiger partial charge in [-0.2, -0.15) is 0 Å². The summed E-state index contributed by atoms with van der Waals surface area (Å²) in [7, 11) is 0. The number of anilines is 1. The molecule has 6 aliphatic rings. The predicted octanol–water partition coefficient (Wildman–Crippen LogP) is 3.59. The number of hydrogen-bond donors (Lipinski definition) is 0. The van der Waals surface area contributed by atoms with Crippen molar-refractivity contribution in [2.75, 3.05) is 37.6 Å². The molecule has 4 saturated carbocycles. The third kappa shape index (κ3) is 3.41. The second-order valence-corrected chi connectivity index (χ2v) is 11.4. The second-order valence-electron chi connectivity index (χ2n) is 11.0. The van der Waals surface area contributed by atoms with Crippen LogP contribution in [-0.2, 0) is 9.59 Å². The first-order valence-corrected chi connectivity index (χ1v) is 12.9. The Hall–Kier alpha value is -1.82. The third-order valence-corrected chi connectivity index (χ3v) is 9.22. The molecule has 7 heteroatoms. The summed E-state index contributed by atoms with van der Waals surface area (Å²) in [6.07, 6.45) is 10.7. The summed E-state index contributed by atoms with van der Waals surface area (Å²) < 4.78 is 0. The number of halogens is 1. The van der Waals surface area contributed by atoms with Gasteiger partial charge >= 0.3 is 0 Å². The monoisotopic (exact) mass is 456 g/mol. The number of rotatable bonds is 3. The van der Waals surface area contributed by atoms with E-state index in [0.29, 0.717) is 24.0 Å². The molecule has 2 saturated heterocycles. The van der Waals surface area contributed by atoms with Crippen molar-refractivity contribution < 1.29 is 9.59 Å². The molecule has 0 aromatic carbocycles. The molecule has 0 N–H and O–H groups in total. The zero-order chi connectivity index (χ0) is 21.9. The maximum Gasteiger partial charge on any atom is 0.245 e. The first-order chi connectivity index (χ1) is 15.5. The van der Waals surface area contributed by atoms with Crippen molar-refractivity contribution in [3.05, 3.63) is 23.4 Å². The van der Waals surface area contributed by atoms with Gasteiger partial charge in [-0.15, -0.1) is 0 Å². The fourth-order valence-electron chi connectivity index (χ4n) is 7.90. The fraction of sp³-hybridized carbons (Fsp3) is 0.720. The lowest BCUT2D eigenvalue weighted by molar-refractivity contribution is -0.162. The van der Waals surface area contributed by atoms with Crippen LogP contribution in [0.4, 0.5) is 5.82 Å². The number of carbonyl (C=O) groups excluding carboxylic acids is 2. The minimum absolute atomic E-state index is 0.146. The van der Waals surface area contributed by atoms with E-state index in [1.807, 2.05) is 21.9 Å². The topological polar surface area (TPSA) is 56.8 Å². The Bertz CT molecular complexity index is 878. The van der Waals surface area contributed by atoms with Gasteiger partial charge < -0.3 is 14.7 Å². The van der Waals surface area contributed by atoms with Gasteiger partial charge in [0.1, 0.15) is 11.9 Å². The number of pyridine rings is 1. The number of piperazine rings is 1. The Labute approximate surface area is 195 Å². The molecule has 2 amide bonds. The highest BCUT2D eigenvalue weighted by atomic mass is 35.5. The van der Waals surface area contributed by atoms with Gasteiger partial charge in [0, 0.05) is 38.9 Å². The molecule has 6 fully saturated rings. The van der Waals surface area contributed by atoms with Gasteiger partial charge in [-0.3, -0.25) is 9.59 Å². The Kier molecular flexibility index (Phi) is 5.12. The van der Waals surface area contributed by atoms with Crippen molar-refractivity contribution >= 4 is 29.2 Å². The molecule has 4 bridgehead atoms. The zero-order valence-corrected chi connectivity index (χ0v) is 19.5. The Morgan fingerprint density at radius 2 is 1.62 bits per heavy atom. The van der Waals surface area contributed by atoms with Crippen molar-refractivity contribution in [3.63, 3.8) is 0 Å². The van der Waals surface area contributed by atoms with E-state index in [0.717, 1.165) is 75.3 Å². The summed E-state index contributed by atoms with van der Waals surface area (Å²) in [5.41, 5.74) is -0.161. The summed E-state index contributed by atoms with van der Waals surface area (Å²) in [5, 5.41) is 0.649. The molecule has 172 valence electrons. The second kappa shape index (κ2) is 7.89. The molecular formula is C25H33ClN4O2. The van der Waals surface area contributed by atoms with Gasteiger partial charge in [0.15, 0.2) is 0 Å². The van der Waals surface area contributed by atoms with Crippen LogP contribution in [0, 0.1) is 23.2 Å². The average molecular weight is 457 g/mol. The number of nitrogens with zero attached hydrogens (tertiary/aromatic N) is 4. The van der Waals surface area contributed by atoms with Crippen LogP contribution in [0.3, 0.4) is 0 Å². The van der Waals surface area contributed by atoms with Crippen LogP contribution in [-0.4, -0.2) is 65.4 Å². The van der Waals surface area contributed by atoms with Gasteiger partial charge in [-0.05, 0) is 81.3 Å². The molecule has 1 atom stereocenters. The molecule has 1 aromatic rings. The minimum atomic E-state index is -0.263. The molecule has 4 aliphatic carbocycles. The zero-order valence-electron chi connectivity index (χ0n) is 18.7. The van der Waals surface area contributed by atoms with Gasteiger partial charge in [-0.25, -0.2) is 4.98 Å². The van der Waals surface area contributed by atoms with Crippen molar-refractivity contribution in [1.82, 2.24) is 14.8 Å². The number of aromatic nitrogens is 1. The molecule has 6 nitrogen and oxygen atoms in total. The van der Waals surface area contributed by atoms with E-state index in [1.54, 1.807) is 6.20 Å². The van der Waals surface area contributed by atoms with E-state index in [4.69, 9.17) is 11.6 Å². The highest BCUT2D eigenvalue weighted by molar-refractivity contribution is 6.32. The Morgan fingerprint density at radius 3 is 2.25 bits per heavy atom. The van der Waals surface area contributed by atoms with Gasteiger partial charge in [0.25, 0.3) is 0 Å². The van der Waals surface area contributed by atoms with E-state index < -0.39 is 0 Å². The average Bonchev–Trinajstić information content (AvgIpc) is 3.27. The largest absolute Gasteiger partial charge is 0.352 e. The Balaban J connectivity index is 1.13. The number of hydrogen-bond acceptors (Lipinski definition) is 4. The predicted molar refractivity (Wildman–Crippen MR) is 123 cm³/mol. The Morgan fingerprint density at radius 1 is 0.969 bits per heavy atom.